The molecule has 1 aromatic carbocycles. The maximum absolute atomic E-state index is 10.1. The summed E-state index contributed by atoms with van der Waals surface area (Å²) >= 11 is 0. The van der Waals surface area contributed by atoms with Crippen LogP contribution in [0.2, 0.25) is 0 Å². The molecule has 0 heterocycles. The Kier molecular flexibility index (Phi) is 5.29. The number of rotatable bonds is 6. The summed E-state index contributed by atoms with van der Waals surface area (Å²) < 4.78 is 5.24. The molecule has 0 bridgehead atoms. The molecule has 1 atom stereocenters. The molecule has 0 radical (unpaired) electrons. The highest BCUT2D eigenvalue weighted by Crippen LogP contribution is 2.25. The number of para-hydroxylation sites is 1. The lowest BCUT2D eigenvalue weighted by Crippen LogP contribution is -2.28. The fourth-order valence-corrected chi connectivity index (χ4v) is 1.77. The Morgan fingerprint density at radius 2 is 1.88 bits per heavy atom. The lowest BCUT2D eigenvalue weighted by molar-refractivity contribution is 0.116. The van der Waals surface area contributed by atoms with E-state index in [1.807, 2.05) is 24.3 Å². The van der Waals surface area contributed by atoms with Gasteiger partial charge in [-0.3, -0.25) is 0 Å². The van der Waals surface area contributed by atoms with Crippen molar-refractivity contribution in [3.63, 3.8) is 0 Å². The van der Waals surface area contributed by atoms with E-state index in [2.05, 4.69) is 18.7 Å². The summed E-state index contributed by atoms with van der Waals surface area (Å²) in [7, 11) is 1.63. The van der Waals surface area contributed by atoms with Crippen LogP contribution in [-0.2, 0) is 0 Å². The Hall–Kier alpha value is -1.06. The van der Waals surface area contributed by atoms with Gasteiger partial charge in [-0.15, -0.1) is 0 Å². The summed E-state index contributed by atoms with van der Waals surface area (Å²) in [5.41, 5.74) is 0.858. The molecule has 1 rings (SSSR count). The van der Waals surface area contributed by atoms with Crippen molar-refractivity contribution in [3.05, 3.63) is 29.8 Å². The van der Waals surface area contributed by atoms with Crippen LogP contribution >= 0.6 is 0 Å². The third-order valence-electron chi connectivity index (χ3n) is 2.82. The summed E-state index contributed by atoms with van der Waals surface area (Å²) in [6, 6.07) is 7.61. The van der Waals surface area contributed by atoms with Crippen LogP contribution in [0.15, 0.2) is 24.3 Å². The molecule has 90 valence electrons. The fraction of sp³-hybridized carbons (Fsp3) is 0.538. The maximum atomic E-state index is 10.1. The zero-order valence-electron chi connectivity index (χ0n) is 10.3. The number of benzene rings is 1. The van der Waals surface area contributed by atoms with Gasteiger partial charge in [0.25, 0.3) is 0 Å². The smallest absolute Gasteiger partial charge is 0.124 e. The first kappa shape index (κ1) is 13.0. The monoisotopic (exact) mass is 223 g/mol. The highest BCUT2D eigenvalue weighted by atomic mass is 16.5. The molecule has 0 fully saturated rings. The first-order valence-electron chi connectivity index (χ1n) is 5.76. The molecule has 1 aromatic rings. The van der Waals surface area contributed by atoms with Crippen molar-refractivity contribution < 1.29 is 9.84 Å². The van der Waals surface area contributed by atoms with Gasteiger partial charge in [0.15, 0.2) is 0 Å². The summed E-state index contributed by atoms with van der Waals surface area (Å²) in [6.45, 7) is 6.73. The molecule has 0 aliphatic rings. The lowest BCUT2D eigenvalue weighted by atomic mass is 10.1. The van der Waals surface area contributed by atoms with Crippen LogP contribution in [0.3, 0.4) is 0 Å². The van der Waals surface area contributed by atoms with Crippen molar-refractivity contribution in [2.75, 3.05) is 26.7 Å². The standard InChI is InChI=1S/C13H21NO2/c1-4-14(5-2)10-12(15)11-8-6-7-9-13(11)16-3/h6-9,12,15H,4-5,10H2,1-3H3. The number of aliphatic hydroxyl groups excluding tert-OH is 1. The number of ether oxygens (including phenoxy) is 1. The highest BCUT2D eigenvalue weighted by Gasteiger charge is 2.14. The summed E-state index contributed by atoms with van der Waals surface area (Å²) in [5.74, 6) is 0.752. The first-order valence-corrected chi connectivity index (χ1v) is 5.76. The van der Waals surface area contributed by atoms with Crippen molar-refractivity contribution in [2.45, 2.75) is 20.0 Å². The summed E-state index contributed by atoms with van der Waals surface area (Å²) in [6.07, 6.45) is -0.490. The normalized spacial score (nSPS) is 12.8. The van der Waals surface area contributed by atoms with Gasteiger partial charge in [-0.25, -0.2) is 0 Å². The van der Waals surface area contributed by atoms with Crippen LogP contribution in [0.5, 0.6) is 5.75 Å². The Morgan fingerprint density at radius 1 is 1.25 bits per heavy atom. The van der Waals surface area contributed by atoms with Gasteiger partial charge in [0.05, 0.1) is 13.2 Å². The number of likely N-dealkylation sites (N-methyl/N-ethyl adjacent to an activating group) is 1. The van der Waals surface area contributed by atoms with E-state index in [0.717, 1.165) is 24.4 Å². The van der Waals surface area contributed by atoms with Crippen LogP contribution < -0.4 is 4.74 Å². The number of nitrogens with zero attached hydrogens (tertiary/aromatic N) is 1. The third kappa shape index (κ3) is 3.22. The molecular weight excluding hydrogens is 202 g/mol. The van der Waals surface area contributed by atoms with E-state index in [1.165, 1.54) is 0 Å². The minimum absolute atomic E-state index is 0.490. The van der Waals surface area contributed by atoms with E-state index >= 15 is 0 Å². The van der Waals surface area contributed by atoms with E-state index in [0.29, 0.717) is 6.54 Å². The van der Waals surface area contributed by atoms with Crippen LogP contribution in [0.1, 0.15) is 25.5 Å². The molecule has 3 heteroatoms. The number of aliphatic hydroxyl groups is 1. The van der Waals surface area contributed by atoms with Crippen molar-refractivity contribution >= 4 is 0 Å². The first-order chi connectivity index (χ1) is 7.72. The number of methoxy groups -OCH3 is 1. The van der Waals surface area contributed by atoms with Gasteiger partial charge in [-0.2, -0.15) is 0 Å². The van der Waals surface area contributed by atoms with Gasteiger partial charge in [-0.05, 0) is 19.2 Å². The second-order valence-corrected chi connectivity index (χ2v) is 3.74. The molecule has 3 nitrogen and oxygen atoms in total. The molecule has 0 amide bonds. The molecule has 0 spiro atoms. The van der Waals surface area contributed by atoms with E-state index in [-0.39, 0.29) is 0 Å². The van der Waals surface area contributed by atoms with Gasteiger partial charge in [-0.1, -0.05) is 32.0 Å². The van der Waals surface area contributed by atoms with Gasteiger partial charge >= 0.3 is 0 Å². The van der Waals surface area contributed by atoms with Crippen molar-refractivity contribution in [3.8, 4) is 5.75 Å². The Bertz CT molecular complexity index is 311. The second kappa shape index (κ2) is 6.51. The molecule has 16 heavy (non-hydrogen) atoms. The Balaban J connectivity index is 2.75. The van der Waals surface area contributed by atoms with Crippen molar-refractivity contribution in [1.82, 2.24) is 4.90 Å². The fourth-order valence-electron chi connectivity index (χ4n) is 1.77. The molecule has 0 aliphatic heterocycles. The largest absolute Gasteiger partial charge is 0.496 e. The van der Waals surface area contributed by atoms with Crippen molar-refractivity contribution in [1.29, 1.82) is 0 Å². The minimum Gasteiger partial charge on any atom is -0.496 e. The molecule has 0 aromatic heterocycles. The molecule has 0 saturated heterocycles. The molecule has 1 unspecified atom stereocenters. The van der Waals surface area contributed by atoms with Gasteiger partial charge in [0, 0.05) is 12.1 Å². The van der Waals surface area contributed by atoms with E-state index in [9.17, 15) is 5.11 Å². The highest BCUT2D eigenvalue weighted by molar-refractivity contribution is 5.35. The Morgan fingerprint density at radius 3 is 2.44 bits per heavy atom. The average molecular weight is 223 g/mol. The predicted molar refractivity (Wildman–Crippen MR) is 65.7 cm³/mol. The molecule has 1 N–H and O–H groups in total. The van der Waals surface area contributed by atoms with Crippen LogP contribution in [0, 0.1) is 0 Å². The topological polar surface area (TPSA) is 32.7 Å². The second-order valence-electron chi connectivity index (χ2n) is 3.74. The summed E-state index contributed by atoms with van der Waals surface area (Å²) in [4.78, 5) is 2.19. The van der Waals surface area contributed by atoms with Crippen molar-refractivity contribution in [2.24, 2.45) is 0 Å². The van der Waals surface area contributed by atoms with Crippen LogP contribution in [-0.4, -0.2) is 36.8 Å². The van der Waals surface area contributed by atoms with E-state index < -0.39 is 6.10 Å². The quantitative estimate of drug-likeness (QED) is 0.801. The molecule has 0 aliphatic carbocycles. The number of hydrogen-bond donors (Lipinski definition) is 1. The SMILES string of the molecule is CCN(CC)CC(O)c1ccccc1OC. The van der Waals surface area contributed by atoms with Gasteiger partial charge < -0.3 is 14.7 Å². The minimum atomic E-state index is -0.490. The number of hydrogen-bond acceptors (Lipinski definition) is 3. The zero-order chi connectivity index (χ0) is 12.0. The third-order valence-corrected chi connectivity index (χ3v) is 2.82. The molecule has 0 saturated carbocycles. The van der Waals surface area contributed by atoms with Crippen LogP contribution in [0.25, 0.3) is 0 Å². The average Bonchev–Trinajstić information content (AvgIpc) is 2.35. The van der Waals surface area contributed by atoms with Gasteiger partial charge in [0.2, 0.25) is 0 Å². The van der Waals surface area contributed by atoms with Gasteiger partial charge in [0.1, 0.15) is 5.75 Å². The summed E-state index contributed by atoms with van der Waals surface area (Å²) in [5, 5.41) is 10.1. The van der Waals surface area contributed by atoms with Crippen LogP contribution in [0.4, 0.5) is 0 Å². The van der Waals surface area contributed by atoms with E-state index in [4.69, 9.17) is 4.74 Å². The maximum Gasteiger partial charge on any atom is 0.124 e. The lowest BCUT2D eigenvalue weighted by Gasteiger charge is -2.23. The Labute approximate surface area is 97.7 Å². The van der Waals surface area contributed by atoms with E-state index in [1.54, 1.807) is 7.11 Å². The zero-order valence-corrected chi connectivity index (χ0v) is 10.3. The predicted octanol–water partition coefficient (Wildman–Crippen LogP) is 2.07. The molecular formula is C13H21NO2.